The number of nitrogens with zero attached hydrogens (tertiary/aromatic N) is 3. The number of rotatable bonds is 5. The summed E-state index contributed by atoms with van der Waals surface area (Å²) in [6.45, 7) is 1.65. The third-order valence-corrected chi connectivity index (χ3v) is 6.27. The summed E-state index contributed by atoms with van der Waals surface area (Å²) in [6, 6.07) is 4.92. The van der Waals surface area contributed by atoms with Gasteiger partial charge in [-0.05, 0) is 25.8 Å². The Bertz CT molecular complexity index is 1200. The van der Waals surface area contributed by atoms with Crippen LogP contribution in [-0.4, -0.2) is 25.7 Å². The summed E-state index contributed by atoms with van der Waals surface area (Å²) in [5.74, 6) is -0.886. The van der Waals surface area contributed by atoms with E-state index in [1.54, 1.807) is 20.0 Å². The molecule has 3 atom stereocenters. The maximum atomic E-state index is 14.6. The van der Waals surface area contributed by atoms with Crippen LogP contribution in [0.25, 0.3) is 11.0 Å². The summed E-state index contributed by atoms with van der Waals surface area (Å²) in [5, 5.41) is 14.1. The van der Waals surface area contributed by atoms with Gasteiger partial charge in [-0.2, -0.15) is 0 Å². The van der Waals surface area contributed by atoms with Crippen LogP contribution in [0, 0.1) is 5.82 Å². The van der Waals surface area contributed by atoms with E-state index in [1.807, 2.05) is 0 Å². The number of hydrogen-bond acceptors (Lipinski definition) is 5. The number of pyridine rings is 1. The van der Waals surface area contributed by atoms with Gasteiger partial charge in [0.15, 0.2) is 0 Å². The minimum atomic E-state index is -2.92. The lowest BCUT2D eigenvalue weighted by atomic mass is 9.82. The average Bonchev–Trinajstić information content (AvgIpc) is 2.77. The summed E-state index contributed by atoms with van der Waals surface area (Å²) >= 11 is 0. The molecule has 1 aliphatic rings. The van der Waals surface area contributed by atoms with E-state index in [0.717, 1.165) is 18.9 Å². The molecule has 2 N–H and O–H groups in total. The van der Waals surface area contributed by atoms with Crippen LogP contribution < -0.4 is 10.9 Å². The second-order valence-electron chi connectivity index (χ2n) is 8.30. The highest BCUT2D eigenvalue weighted by Gasteiger charge is 2.28. The number of benzene rings is 1. The molecule has 0 radical (unpaired) electrons. The van der Waals surface area contributed by atoms with Gasteiger partial charge in [-0.3, -0.25) is 9.36 Å². The highest BCUT2D eigenvalue weighted by Crippen LogP contribution is 2.34. The Morgan fingerprint density at radius 2 is 1.91 bits per heavy atom. The van der Waals surface area contributed by atoms with E-state index in [4.69, 9.17) is 0 Å². The van der Waals surface area contributed by atoms with Crippen molar-refractivity contribution >= 4 is 16.9 Å². The molecule has 32 heavy (non-hydrogen) atoms. The smallest absolute Gasteiger partial charge is 0.266 e. The lowest BCUT2D eigenvalue weighted by Gasteiger charge is -2.28. The van der Waals surface area contributed by atoms with Crippen molar-refractivity contribution in [1.82, 2.24) is 14.5 Å². The fourth-order valence-corrected chi connectivity index (χ4v) is 4.50. The van der Waals surface area contributed by atoms with Crippen molar-refractivity contribution in [3.63, 3.8) is 0 Å². The molecule has 1 saturated carbocycles. The first-order valence-electron chi connectivity index (χ1n) is 10.6. The molecule has 1 aliphatic carbocycles. The molecule has 0 amide bonds. The molecular formula is C23H25F3N4O2. The van der Waals surface area contributed by atoms with Crippen LogP contribution in [0.4, 0.5) is 19.0 Å². The summed E-state index contributed by atoms with van der Waals surface area (Å²) in [5.41, 5.74) is 0.0814. The number of aliphatic hydroxyl groups is 1. The standard InChI is InChI=1S/C23H25F3N4O2/c1-12(13-7-5-8-15(19(13)24)20(25)26)29-21-17-10-16(14-6-3-4-9-18(14)31)23(32)30(2)22(17)28-11-27-21/h5,7-8,10-12,14,18,20,31H,3-4,6,9H2,1-2H3,(H,27,28,29)/t12-,14?,18?/m1/s1. The average molecular weight is 446 g/mol. The number of aliphatic hydroxyl groups excluding tert-OH is 1. The molecule has 1 fully saturated rings. The second-order valence-corrected chi connectivity index (χ2v) is 8.30. The van der Waals surface area contributed by atoms with Gasteiger partial charge in [-0.1, -0.05) is 31.0 Å². The minimum Gasteiger partial charge on any atom is -0.392 e. The van der Waals surface area contributed by atoms with Crippen LogP contribution in [0.3, 0.4) is 0 Å². The van der Waals surface area contributed by atoms with E-state index in [0.29, 0.717) is 35.3 Å². The van der Waals surface area contributed by atoms with Crippen molar-refractivity contribution in [2.24, 2.45) is 7.05 Å². The van der Waals surface area contributed by atoms with E-state index >= 15 is 0 Å². The first-order chi connectivity index (χ1) is 15.3. The Labute approximate surface area is 183 Å². The summed E-state index contributed by atoms with van der Waals surface area (Å²) < 4.78 is 42.3. The molecule has 3 aromatic rings. The Morgan fingerprint density at radius 3 is 2.62 bits per heavy atom. The van der Waals surface area contributed by atoms with E-state index in [9.17, 15) is 23.1 Å². The monoisotopic (exact) mass is 446 g/mol. The SMILES string of the molecule is C[C@@H](Nc1ncnc2c1cc(C1CCCCC1O)c(=O)n2C)c1cccc(C(F)F)c1F. The van der Waals surface area contributed by atoms with Gasteiger partial charge in [0, 0.05) is 24.1 Å². The lowest BCUT2D eigenvalue weighted by Crippen LogP contribution is -2.31. The van der Waals surface area contributed by atoms with E-state index in [1.165, 1.54) is 23.0 Å². The number of anilines is 1. The van der Waals surface area contributed by atoms with Crippen molar-refractivity contribution in [3.8, 4) is 0 Å². The van der Waals surface area contributed by atoms with Crippen LogP contribution in [0.15, 0.2) is 35.4 Å². The Balaban J connectivity index is 1.77. The molecule has 9 heteroatoms. The first kappa shape index (κ1) is 22.3. The number of fused-ring (bicyclic) bond motifs is 1. The van der Waals surface area contributed by atoms with E-state index in [2.05, 4.69) is 15.3 Å². The number of nitrogens with one attached hydrogen (secondary N) is 1. The molecule has 2 heterocycles. The molecule has 0 aliphatic heterocycles. The van der Waals surface area contributed by atoms with Crippen molar-refractivity contribution in [1.29, 1.82) is 0 Å². The zero-order chi connectivity index (χ0) is 23.0. The van der Waals surface area contributed by atoms with Crippen molar-refractivity contribution in [3.05, 3.63) is 63.5 Å². The molecular weight excluding hydrogens is 421 g/mol. The van der Waals surface area contributed by atoms with Gasteiger partial charge in [0.05, 0.1) is 23.1 Å². The van der Waals surface area contributed by atoms with E-state index < -0.39 is 30.0 Å². The van der Waals surface area contributed by atoms with Crippen LogP contribution >= 0.6 is 0 Å². The highest BCUT2D eigenvalue weighted by atomic mass is 19.3. The van der Waals surface area contributed by atoms with E-state index in [-0.39, 0.29) is 17.0 Å². The Kier molecular flexibility index (Phi) is 6.19. The molecule has 1 aromatic carbocycles. The van der Waals surface area contributed by atoms with Gasteiger partial charge in [0.2, 0.25) is 0 Å². The second kappa shape index (κ2) is 8.90. The van der Waals surface area contributed by atoms with Gasteiger partial charge in [-0.25, -0.2) is 23.1 Å². The summed E-state index contributed by atoms with van der Waals surface area (Å²) in [7, 11) is 1.61. The van der Waals surface area contributed by atoms with Crippen molar-refractivity contribution < 1.29 is 18.3 Å². The molecule has 0 saturated heterocycles. The maximum absolute atomic E-state index is 14.6. The number of hydrogen-bond donors (Lipinski definition) is 2. The maximum Gasteiger partial charge on any atom is 0.266 e. The summed E-state index contributed by atoms with van der Waals surface area (Å²) in [4.78, 5) is 21.5. The molecule has 170 valence electrons. The van der Waals surface area contributed by atoms with Gasteiger partial charge < -0.3 is 10.4 Å². The zero-order valence-corrected chi connectivity index (χ0v) is 17.9. The Morgan fingerprint density at radius 1 is 1.19 bits per heavy atom. The molecule has 4 rings (SSSR count). The van der Waals surface area contributed by atoms with Crippen LogP contribution in [0.2, 0.25) is 0 Å². The van der Waals surface area contributed by atoms with Crippen LogP contribution in [0.5, 0.6) is 0 Å². The largest absolute Gasteiger partial charge is 0.392 e. The number of halogens is 3. The third-order valence-electron chi connectivity index (χ3n) is 6.27. The fraction of sp³-hybridized carbons (Fsp3) is 0.435. The lowest BCUT2D eigenvalue weighted by molar-refractivity contribution is 0.105. The first-order valence-corrected chi connectivity index (χ1v) is 10.6. The quantitative estimate of drug-likeness (QED) is 0.599. The number of aryl methyl sites for hydroxylation is 1. The summed E-state index contributed by atoms with van der Waals surface area (Å²) in [6.07, 6.45) is 0.969. The number of alkyl halides is 2. The van der Waals surface area contributed by atoms with Crippen molar-refractivity contribution in [2.75, 3.05) is 5.32 Å². The minimum absolute atomic E-state index is 0.0855. The van der Waals surface area contributed by atoms with Gasteiger partial charge >= 0.3 is 0 Å². The zero-order valence-electron chi connectivity index (χ0n) is 17.9. The number of aromatic nitrogens is 3. The van der Waals surface area contributed by atoms with Gasteiger partial charge in [-0.15, -0.1) is 0 Å². The molecule has 2 unspecified atom stereocenters. The predicted molar refractivity (Wildman–Crippen MR) is 115 cm³/mol. The molecule has 2 aromatic heterocycles. The van der Waals surface area contributed by atoms with Crippen molar-refractivity contribution in [2.45, 2.75) is 57.1 Å². The molecule has 6 nitrogen and oxygen atoms in total. The normalized spacial score (nSPS) is 20.0. The van der Waals surface area contributed by atoms with Gasteiger partial charge in [0.1, 0.15) is 23.6 Å². The highest BCUT2D eigenvalue weighted by molar-refractivity contribution is 5.87. The molecule has 0 spiro atoms. The topological polar surface area (TPSA) is 80.0 Å². The Hall–Kier alpha value is -2.94. The van der Waals surface area contributed by atoms with Crippen LogP contribution in [-0.2, 0) is 7.05 Å². The predicted octanol–water partition coefficient (Wildman–Crippen LogP) is 4.60. The molecule has 0 bridgehead atoms. The fourth-order valence-electron chi connectivity index (χ4n) is 4.50. The third kappa shape index (κ3) is 3.97. The van der Waals surface area contributed by atoms with Gasteiger partial charge in [0.25, 0.3) is 12.0 Å². The van der Waals surface area contributed by atoms with Crippen LogP contribution in [0.1, 0.15) is 67.7 Å².